The van der Waals surface area contributed by atoms with Crippen LogP contribution in [0.5, 0.6) is 0 Å². The predicted molar refractivity (Wildman–Crippen MR) is 39.5 cm³/mol. The van der Waals surface area contributed by atoms with Gasteiger partial charge in [-0.25, -0.2) is 0 Å². The molecule has 0 atom stereocenters. The van der Waals surface area contributed by atoms with Crippen LogP contribution >= 0.6 is 18.6 Å². The fraction of sp³-hybridized carbons (Fsp3) is 1.00. The summed E-state index contributed by atoms with van der Waals surface area (Å²) < 4.78 is 1.57. The summed E-state index contributed by atoms with van der Waals surface area (Å²) in [6.45, 7) is 2.26. The Bertz CT molecular complexity index is 19.5. The van der Waals surface area contributed by atoms with Crippen LogP contribution in [0.15, 0.2) is 0 Å². The van der Waals surface area contributed by atoms with Gasteiger partial charge in [-0.1, -0.05) is 0 Å². The van der Waals surface area contributed by atoms with Crippen LogP contribution in [0.4, 0.5) is 0 Å². The summed E-state index contributed by atoms with van der Waals surface area (Å²) in [6.07, 6.45) is 2.87. The summed E-state index contributed by atoms with van der Waals surface area (Å²) in [6, 6.07) is 0. The molecule has 0 heterocycles. The predicted octanol–water partition coefficient (Wildman–Crippen LogP) is 2.26. The van der Waals surface area contributed by atoms with Crippen LogP contribution in [0, 0.1) is 0 Å². The molecule has 0 aliphatic rings. The number of hydrogen-bond acceptors (Lipinski definition) is 0. The Hall–Kier alpha value is 1.53. The van der Waals surface area contributed by atoms with E-state index in [2.05, 4.69) is 25.6 Å². The zero-order valence-electron chi connectivity index (χ0n) is 4.00. The quantitative estimate of drug-likeness (QED) is 0.426. The minimum absolute atomic E-state index is 0.160. The molecule has 0 aromatic carbocycles. The van der Waals surface area contributed by atoms with E-state index < -0.39 is 0 Å². The van der Waals surface area contributed by atoms with Crippen LogP contribution in [-0.2, 0) is 0 Å². The molecule has 0 aromatic heterocycles. The minimum atomic E-state index is 0.160. The Morgan fingerprint density at radius 2 is 2.33 bits per heavy atom. The molecule has 0 aromatic rings. The van der Waals surface area contributed by atoms with Crippen molar-refractivity contribution in [3.05, 3.63) is 0 Å². The molecular formula is C4H9ISn. The zero-order chi connectivity index (χ0) is 4.83. The van der Waals surface area contributed by atoms with Gasteiger partial charge in [-0.15, -0.1) is 0 Å². The van der Waals surface area contributed by atoms with Crippen LogP contribution in [0.1, 0.15) is 19.8 Å². The van der Waals surface area contributed by atoms with Crippen molar-refractivity contribution >= 4 is 35.8 Å². The van der Waals surface area contributed by atoms with Gasteiger partial charge < -0.3 is 0 Å². The van der Waals surface area contributed by atoms with Crippen molar-refractivity contribution in [2.24, 2.45) is 0 Å². The Balaban J connectivity index is 2.34. The van der Waals surface area contributed by atoms with E-state index in [9.17, 15) is 0 Å². The SMILES string of the molecule is CCC[CH2][Sn][I]. The second-order valence-corrected chi connectivity index (χ2v) is 8.54. The molecule has 0 aliphatic carbocycles. The third kappa shape index (κ3) is 5.53. The van der Waals surface area contributed by atoms with E-state index in [0.717, 1.165) is 0 Å². The van der Waals surface area contributed by atoms with E-state index in [-0.39, 0.29) is 17.2 Å². The van der Waals surface area contributed by atoms with Crippen molar-refractivity contribution in [2.45, 2.75) is 24.2 Å². The van der Waals surface area contributed by atoms with Gasteiger partial charge in [0, 0.05) is 0 Å². The van der Waals surface area contributed by atoms with E-state index in [0.29, 0.717) is 0 Å². The fourth-order valence-corrected chi connectivity index (χ4v) is 4.19. The van der Waals surface area contributed by atoms with Crippen LogP contribution in [-0.4, -0.2) is 17.2 Å². The first-order chi connectivity index (χ1) is 2.91. The summed E-state index contributed by atoms with van der Waals surface area (Å²) in [5.41, 5.74) is 0. The third-order valence-electron chi connectivity index (χ3n) is 0.625. The summed E-state index contributed by atoms with van der Waals surface area (Å²) in [4.78, 5) is 0. The van der Waals surface area contributed by atoms with E-state index in [4.69, 9.17) is 0 Å². The number of rotatable bonds is 3. The Morgan fingerprint density at radius 3 is 2.50 bits per heavy atom. The van der Waals surface area contributed by atoms with Crippen molar-refractivity contribution in [1.29, 1.82) is 0 Å². The standard InChI is InChI=1S/C4H9.HI.Sn/c1-3-4-2;;/h1,3-4H2,2H3;1H;/q;;+1/p-1. The first kappa shape index (κ1) is 7.53. The van der Waals surface area contributed by atoms with Gasteiger partial charge in [-0.05, 0) is 0 Å². The molecule has 0 unspecified atom stereocenters. The third-order valence-corrected chi connectivity index (χ3v) is 5.79. The summed E-state index contributed by atoms with van der Waals surface area (Å²) >= 11 is 2.74. The van der Waals surface area contributed by atoms with E-state index in [1.807, 2.05) is 0 Å². The maximum absolute atomic E-state index is 2.58. The maximum atomic E-state index is 2.58. The molecule has 36 valence electrons. The van der Waals surface area contributed by atoms with E-state index >= 15 is 0 Å². The second-order valence-electron chi connectivity index (χ2n) is 1.24. The molecule has 2 radical (unpaired) electrons. The van der Waals surface area contributed by atoms with Crippen LogP contribution in [0.25, 0.3) is 0 Å². The molecule has 0 nitrogen and oxygen atoms in total. The van der Waals surface area contributed by atoms with Crippen LogP contribution < -0.4 is 0 Å². The Labute approximate surface area is 59.5 Å². The normalized spacial score (nSPS) is 9.00. The first-order valence-electron chi connectivity index (χ1n) is 2.25. The molecular weight excluding hydrogens is 294 g/mol. The van der Waals surface area contributed by atoms with Gasteiger partial charge in [-0.3, -0.25) is 0 Å². The van der Waals surface area contributed by atoms with Gasteiger partial charge >= 0.3 is 60.0 Å². The van der Waals surface area contributed by atoms with Crippen molar-refractivity contribution in [1.82, 2.24) is 0 Å². The molecule has 0 rings (SSSR count). The summed E-state index contributed by atoms with van der Waals surface area (Å²) in [5, 5.41) is 0. The molecule has 0 spiro atoms. The second kappa shape index (κ2) is 6.53. The monoisotopic (exact) mass is 304 g/mol. The van der Waals surface area contributed by atoms with Gasteiger partial charge in [0.1, 0.15) is 0 Å². The molecule has 0 fully saturated rings. The van der Waals surface area contributed by atoms with E-state index in [1.54, 1.807) is 4.44 Å². The van der Waals surface area contributed by atoms with Crippen molar-refractivity contribution in [2.75, 3.05) is 0 Å². The molecule has 0 N–H and O–H groups in total. The van der Waals surface area contributed by atoms with Crippen LogP contribution in [0.3, 0.4) is 0 Å². The topological polar surface area (TPSA) is 0 Å². The molecule has 0 saturated carbocycles. The number of halogens is 1. The summed E-state index contributed by atoms with van der Waals surface area (Å²) in [7, 11) is 0. The average Bonchev–Trinajstić information content (AvgIpc) is 1.61. The average molecular weight is 303 g/mol. The molecule has 0 saturated heterocycles. The molecule has 0 amide bonds. The van der Waals surface area contributed by atoms with Crippen LogP contribution in [0.2, 0.25) is 4.44 Å². The molecule has 0 bridgehead atoms. The summed E-state index contributed by atoms with van der Waals surface area (Å²) in [5.74, 6) is 0. The molecule has 2 heteroatoms. The van der Waals surface area contributed by atoms with Crippen molar-refractivity contribution in [3.63, 3.8) is 0 Å². The Morgan fingerprint density at radius 1 is 1.67 bits per heavy atom. The van der Waals surface area contributed by atoms with Gasteiger partial charge in [0.25, 0.3) is 0 Å². The molecule has 0 aliphatic heterocycles. The van der Waals surface area contributed by atoms with Gasteiger partial charge in [-0.2, -0.15) is 0 Å². The zero-order valence-corrected chi connectivity index (χ0v) is 9.01. The molecule has 6 heavy (non-hydrogen) atoms. The van der Waals surface area contributed by atoms with Gasteiger partial charge in [0.05, 0.1) is 0 Å². The van der Waals surface area contributed by atoms with Crippen molar-refractivity contribution in [3.8, 4) is 0 Å². The number of unbranched alkanes of at least 4 members (excludes halogenated alkanes) is 1. The fourth-order valence-electron chi connectivity index (χ4n) is 0.244. The first-order valence-corrected chi connectivity index (χ1v) is 12.6. The van der Waals surface area contributed by atoms with Gasteiger partial charge in [0.15, 0.2) is 0 Å². The van der Waals surface area contributed by atoms with Crippen molar-refractivity contribution < 1.29 is 0 Å². The van der Waals surface area contributed by atoms with Gasteiger partial charge in [0.2, 0.25) is 0 Å². The number of hydrogen-bond donors (Lipinski definition) is 0. The Kier molecular flexibility index (Phi) is 8.19. The van der Waals surface area contributed by atoms with E-state index in [1.165, 1.54) is 12.8 Å².